The van der Waals surface area contributed by atoms with Crippen molar-refractivity contribution in [1.29, 1.82) is 0 Å². The Bertz CT molecular complexity index is 1060. The van der Waals surface area contributed by atoms with Gasteiger partial charge in [0.05, 0.1) is 10.5 Å². The van der Waals surface area contributed by atoms with Crippen LogP contribution in [0.1, 0.15) is 34.3 Å². The third-order valence-corrected chi connectivity index (χ3v) is 6.53. The summed E-state index contributed by atoms with van der Waals surface area (Å²) < 4.78 is 37.6. The number of rotatable bonds is 5. The van der Waals surface area contributed by atoms with E-state index in [0.29, 0.717) is 37.1 Å². The summed E-state index contributed by atoms with van der Waals surface area (Å²) in [4.78, 5) is 26.9. The Hall–Kier alpha value is -2.74. The SMILES string of the molecule is Cc1ccc(CNC(=O)C2CCN(C(=O)c3ccccc3S(C)(=O)=O)CC2)cc1F. The molecule has 30 heavy (non-hydrogen) atoms. The van der Waals surface area contributed by atoms with E-state index >= 15 is 0 Å². The lowest BCUT2D eigenvalue weighted by Gasteiger charge is -2.31. The van der Waals surface area contributed by atoms with Crippen LogP contribution in [0.3, 0.4) is 0 Å². The molecule has 0 aromatic heterocycles. The van der Waals surface area contributed by atoms with Crippen molar-refractivity contribution in [2.24, 2.45) is 5.92 Å². The van der Waals surface area contributed by atoms with Crippen LogP contribution in [0.25, 0.3) is 0 Å². The van der Waals surface area contributed by atoms with Crippen molar-refractivity contribution < 1.29 is 22.4 Å². The van der Waals surface area contributed by atoms with Crippen LogP contribution in [-0.2, 0) is 21.2 Å². The van der Waals surface area contributed by atoms with Gasteiger partial charge in [0.1, 0.15) is 5.82 Å². The topological polar surface area (TPSA) is 83.6 Å². The van der Waals surface area contributed by atoms with Gasteiger partial charge >= 0.3 is 0 Å². The summed E-state index contributed by atoms with van der Waals surface area (Å²) in [5.41, 5.74) is 1.40. The van der Waals surface area contributed by atoms with Crippen molar-refractivity contribution in [2.45, 2.75) is 31.2 Å². The van der Waals surface area contributed by atoms with E-state index in [2.05, 4.69) is 5.32 Å². The largest absolute Gasteiger partial charge is 0.352 e. The van der Waals surface area contributed by atoms with E-state index in [0.717, 1.165) is 6.26 Å². The predicted octanol–water partition coefficient (Wildman–Crippen LogP) is 2.71. The maximum atomic E-state index is 13.6. The highest BCUT2D eigenvalue weighted by Crippen LogP contribution is 2.23. The van der Waals surface area contributed by atoms with E-state index in [9.17, 15) is 22.4 Å². The van der Waals surface area contributed by atoms with Crippen LogP contribution in [0.2, 0.25) is 0 Å². The molecule has 1 aliphatic heterocycles. The second-order valence-electron chi connectivity index (χ2n) is 7.64. The van der Waals surface area contributed by atoms with E-state index < -0.39 is 9.84 Å². The van der Waals surface area contributed by atoms with E-state index in [1.807, 2.05) is 0 Å². The first-order valence-corrected chi connectivity index (χ1v) is 11.7. The monoisotopic (exact) mass is 432 g/mol. The molecule has 0 aliphatic carbocycles. The number of nitrogens with one attached hydrogen (secondary N) is 1. The predicted molar refractivity (Wildman–Crippen MR) is 111 cm³/mol. The smallest absolute Gasteiger partial charge is 0.255 e. The maximum Gasteiger partial charge on any atom is 0.255 e. The van der Waals surface area contributed by atoms with Crippen molar-refractivity contribution in [3.05, 3.63) is 65.0 Å². The Balaban J connectivity index is 1.57. The summed E-state index contributed by atoms with van der Waals surface area (Å²) in [6.07, 6.45) is 2.05. The first kappa shape index (κ1) is 22.0. The number of likely N-dealkylation sites (tertiary alicyclic amines) is 1. The highest BCUT2D eigenvalue weighted by molar-refractivity contribution is 7.90. The molecule has 6 nitrogen and oxygen atoms in total. The number of amides is 2. The average Bonchev–Trinajstić information content (AvgIpc) is 2.73. The van der Waals surface area contributed by atoms with Crippen LogP contribution in [0.15, 0.2) is 47.4 Å². The van der Waals surface area contributed by atoms with Crippen LogP contribution < -0.4 is 5.32 Å². The van der Waals surface area contributed by atoms with Gasteiger partial charge in [0.25, 0.3) is 5.91 Å². The minimum absolute atomic E-state index is 0.0141. The van der Waals surface area contributed by atoms with Gasteiger partial charge in [0.2, 0.25) is 5.91 Å². The van der Waals surface area contributed by atoms with Crippen LogP contribution in [0, 0.1) is 18.7 Å². The highest BCUT2D eigenvalue weighted by atomic mass is 32.2. The fourth-order valence-electron chi connectivity index (χ4n) is 3.56. The van der Waals surface area contributed by atoms with Crippen LogP contribution >= 0.6 is 0 Å². The lowest BCUT2D eigenvalue weighted by atomic mass is 9.95. The first-order chi connectivity index (χ1) is 14.2. The van der Waals surface area contributed by atoms with Crippen LogP contribution in [0.4, 0.5) is 4.39 Å². The molecule has 1 N–H and O–H groups in total. The zero-order chi connectivity index (χ0) is 21.9. The zero-order valence-electron chi connectivity index (χ0n) is 17.0. The number of carbonyl (C=O) groups excluding carboxylic acids is 2. The Morgan fingerprint density at radius 2 is 1.80 bits per heavy atom. The molecule has 0 unspecified atom stereocenters. The minimum Gasteiger partial charge on any atom is -0.352 e. The lowest BCUT2D eigenvalue weighted by molar-refractivity contribution is -0.126. The number of benzene rings is 2. The van der Waals surface area contributed by atoms with E-state index in [1.54, 1.807) is 36.1 Å². The van der Waals surface area contributed by atoms with E-state index in [4.69, 9.17) is 0 Å². The normalized spacial score (nSPS) is 15.1. The van der Waals surface area contributed by atoms with Gasteiger partial charge in [-0.1, -0.05) is 24.3 Å². The van der Waals surface area contributed by atoms with E-state index in [1.165, 1.54) is 18.2 Å². The lowest BCUT2D eigenvalue weighted by Crippen LogP contribution is -2.43. The fraction of sp³-hybridized carbons (Fsp3) is 0.364. The minimum atomic E-state index is -3.52. The summed E-state index contributed by atoms with van der Waals surface area (Å²) in [5.74, 6) is -1.01. The number of carbonyl (C=O) groups is 2. The summed E-state index contributed by atoms with van der Waals surface area (Å²) in [7, 11) is -3.52. The maximum absolute atomic E-state index is 13.6. The number of sulfone groups is 1. The molecular weight excluding hydrogens is 407 g/mol. The van der Waals surface area contributed by atoms with Crippen molar-refractivity contribution in [3.8, 4) is 0 Å². The molecule has 1 fully saturated rings. The molecule has 2 aromatic carbocycles. The molecule has 0 radical (unpaired) electrons. The highest BCUT2D eigenvalue weighted by Gasteiger charge is 2.29. The molecule has 160 valence electrons. The van der Waals surface area contributed by atoms with Gasteiger partial charge in [-0.15, -0.1) is 0 Å². The van der Waals surface area contributed by atoms with Gasteiger partial charge in [-0.3, -0.25) is 9.59 Å². The Labute approximate surface area is 176 Å². The molecule has 1 saturated heterocycles. The molecule has 0 saturated carbocycles. The summed E-state index contributed by atoms with van der Waals surface area (Å²) in [6.45, 7) is 2.67. The molecule has 0 spiro atoms. The number of hydrogen-bond donors (Lipinski definition) is 1. The number of hydrogen-bond acceptors (Lipinski definition) is 4. The average molecular weight is 433 g/mol. The Kier molecular flexibility index (Phi) is 6.55. The van der Waals surface area contributed by atoms with Crippen molar-refractivity contribution >= 4 is 21.7 Å². The molecule has 0 atom stereocenters. The number of aryl methyl sites for hydroxylation is 1. The Morgan fingerprint density at radius 1 is 1.13 bits per heavy atom. The standard InChI is InChI=1S/C22H25FN2O4S/c1-15-7-8-16(13-19(15)23)14-24-21(26)17-9-11-25(12-10-17)22(27)18-5-3-4-6-20(18)30(2,28)29/h3-8,13,17H,9-12,14H2,1-2H3,(H,24,26). The molecule has 0 bridgehead atoms. The molecular formula is C22H25FN2O4S. The molecule has 1 aliphatic rings. The van der Waals surface area contributed by atoms with Crippen LogP contribution in [0.5, 0.6) is 0 Å². The van der Waals surface area contributed by atoms with Gasteiger partial charge in [-0.25, -0.2) is 12.8 Å². The first-order valence-electron chi connectivity index (χ1n) is 9.78. The third-order valence-electron chi connectivity index (χ3n) is 5.37. The number of piperidine rings is 1. The van der Waals surface area contributed by atoms with Gasteiger partial charge in [-0.05, 0) is 49.1 Å². The summed E-state index contributed by atoms with van der Waals surface area (Å²) >= 11 is 0. The van der Waals surface area contributed by atoms with Crippen molar-refractivity contribution in [3.63, 3.8) is 0 Å². The zero-order valence-corrected chi connectivity index (χ0v) is 17.8. The quantitative estimate of drug-likeness (QED) is 0.788. The molecule has 3 rings (SSSR count). The van der Waals surface area contributed by atoms with Gasteiger partial charge in [-0.2, -0.15) is 0 Å². The van der Waals surface area contributed by atoms with Gasteiger partial charge < -0.3 is 10.2 Å². The van der Waals surface area contributed by atoms with Crippen LogP contribution in [-0.4, -0.2) is 44.5 Å². The number of nitrogens with zero attached hydrogens (tertiary/aromatic N) is 1. The summed E-state index contributed by atoms with van der Waals surface area (Å²) in [5, 5.41) is 2.83. The van der Waals surface area contributed by atoms with Gasteiger partial charge in [0, 0.05) is 31.8 Å². The van der Waals surface area contributed by atoms with Crippen molar-refractivity contribution in [2.75, 3.05) is 19.3 Å². The van der Waals surface area contributed by atoms with Gasteiger partial charge in [0.15, 0.2) is 9.84 Å². The molecule has 8 heteroatoms. The Morgan fingerprint density at radius 3 is 2.43 bits per heavy atom. The van der Waals surface area contributed by atoms with E-state index in [-0.39, 0.29) is 40.6 Å². The molecule has 1 heterocycles. The van der Waals surface area contributed by atoms with Crippen molar-refractivity contribution in [1.82, 2.24) is 10.2 Å². The second-order valence-corrected chi connectivity index (χ2v) is 9.62. The second kappa shape index (κ2) is 8.95. The fourth-order valence-corrected chi connectivity index (χ4v) is 4.44. The third kappa shape index (κ3) is 5.05. The summed E-state index contributed by atoms with van der Waals surface area (Å²) in [6, 6.07) is 11.0. The number of halogens is 1. The molecule has 2 amide bonds. The molecule has 2 aromatic rings.